The molecule has 0 radical (unpaired) electrons. The first kappa shape index (κ1) is 21.7. The van der Waals surface area contributed by atoms with E-state index in [1.807, 2.05) is 19.1 Å². The van der Waals surface area contributed by atoms with Crippen molar-refractivity contribution in [3.05, 3.63) is 64.5 Å². The largest absolute Gasteiger partial charge is 0.457 e. The number of nitrogens with zero attached hydrogens (tertiary/aromatic N) is 1. The Kier molecular flexibility index (Phi) is 6.63. The molecule has 0 atom stereocenters. The standard InChI is InChI=1S/C21H24N4O4S/c1-14-16(3-5-18-19(14)13-29-21(18)26)7-8-23-10-15(9-22)11-24-17-4-6-20(25-12-17)30(2,27)28/h3-6,9,11-12,22-24H,7-8,10,13H2,1-2H3/b15-11+,22-9?. The third-order valence-corrected chi connectivity index (χ3v) is 5.91. The van der Waals surface area contributed by atoms with Gasteiger partial charge in [-0.25, -0.2) is 18.2 Å². The molecule has 0 bridgehead atoms. The molecular formula is C21H24N4O4S. The summed E-state index contributed by atoms with van der Waals surface area (Å²) in [5.41, 5.74) is 5.24. The Labute approximate surface area is 175 Å². The van der Waals surface area contributed by atoms with Gasteiger partial charge in [0.05, 0.1) is 17.4 Å². The highest BCUT2D eigenvalue weighted by Gasteiger charge is 2.23. The Morgan fingerprint density at radius 3 is 2.77 bits per heavy atom. The normalized spacial score (nSPS) is 13.7. The van der Waals surface area contributed by atoms with Crippen molar-refractivity contribution in [3.8, 4) is 0 Å². The lowest BCUT2D eigenvalue weighted by Gasteiger charge is -2.10. The number of cyclic esters (lactones) is 1. The number of hydrogen-bond donors (Lipinski definition) is 3. The van der Waals surface area contributed by atoms with Crippen LogP contribution >= 0.6 is 0 Å². The van der Waals surface area contributed by atoms with Crippen LogP contribution in [0.1, 0.15) is 27.0 Å². The van der Waals surface area contributed by atoms with E-state index in [2.05, 4.69) is 15.6 Å². The number of pyridine rings is 1. The highest BCUT2D eigenvalue weighted by molar-refractivity contribution is 7.90. The van der Waals surface area contributed by atoms with Crippen molar-refractivity contribution in [2.24, 2.45) is 0 Å². The molecule has 0 fully saturated rings. The van der Waals surface area contributed by atoms with Crippen LogP contribution in [0, 0.1) is 12.3 Å². The van der Waals surface area contributed by atoms with Crippen LogP contribution in [0.15, 0.2) is 47.3 Å². The number of esters is 1. The van der Waals surface area contributed by atoms with Gasteiger partial charge < -0.3 is 20.8 Å². The van der Waals surface area contributed by atoms with E-state index in [-0.39, 0.29) is 11.0 Å². The number of benzene rings is 1. The van der Waals surface area contributed by atoms with Gasteiger partial charge in [0.2, 0.25) is 0 Å². The fraction of sp³-hybridized carbons (Fsp3) is 0.286. The number of nitrogens with one attached hydrogen (secondary N) is 3. The second-order valence-electron chi connectivity index (χ2n) is 7.04. The van der Waals surface area contributed by atoms with Crippen LogP contribution in [-0.4, -0.2) is 44.9 Å². The number of ether oxygens (including phenoxy) is 1. The summed E-state index contributed by atoms with van der Waals surface area (Å²) in [4.78, 5) is 15.5. The van der Waals surface area contributed by atoms with Gasteiger partial charge in [-0.05, 0) is 54.8 Å². The van der Waals surface area contributed by atoms with Crippen molar-refractivity contribution in [2.75, 3.05) is 24.7 Å². The third-order valence-electron chi connectivity index (χ3n) is 4.90. The van der Waals surface area contributed by atoms with Gasteiger partial charge in [0.25, 0.3) is 0 Å². The third kappa shape index (κ3) is 5.11. The number of fused-ring (bicyclic) bond motifs is 1. The quantitative estimate of drug-likeness (QED) is 0.318. The molecule has 3 N–H and O–H groups in total. The maximum absolute atomic E-state index is 11.6. The van der Waals surface area contributed by atoms with Crippen molar-refractivity contribution in [1.82, 2.24) is 10.3 Å². The van der Waals surface area contributed by atoms with Gasteiger partial charge >= 0.3 is 5.97 Å². The maximum Gasteiger partial charge on any atom is 0.338 e. The average Bonchev–Trinajstić information content (AvgIpc) is 3.10. The summed E-state index contributed by atoms with van der Waals surface area (Å²) in [7, 11) is -3.33. The lowest BCUT2D eigenvalue weighted by molar-refractivity contribution is 0.0535. The topological polar surface area (TPSA) is 121 Å². The lowest BCUT2D eigenvalue weighted by atomic mass is 9.97. The second kappa shape index (κ2) is 9.19. The van der Waals surface area contributed by atoms with E-state index in [1.165, 1.54) is 18.5 Å². The van der Waals surface area contributed by atoms with E-state index < -0.39 is 9.84 Å². The predicted molar refractivity (Wildman–Crippen MR) is 115 cm³/mol. The van der Waals surface area contributed by atoms with Crippen LogP contribution in [0.4, 0.5) is 5.69 Å². The van der Waals surface area contributed by atoms with Crippen molar-refractivity contribution < 1.29 is 17.9 Å². The van der Waals surface area contributed by atoms with Gasteiger partial charge in [0.15, 0.2) is 14.9 Å². The molecule has 8 nitrogen and oxygen atoms in total. The van der Waals surface area contributed by atoms with E-state index in [4.69, 9.17) is 10.1 Å². The molecule has 0 aliphatic carbocycles. The highest BCUT2D eigenvalue weighted by atomic mass is 32.2. The maximum atomic E-state index is 11.6. The summed E-state index contributed by atoms with van der Waals surface area (Å²) in [5, 5.41) is 13.9. The molecule has 0 amide bonds. The Balaban J connectivity index is 1.51. The number of rotatable bonds is 9. The van der Waals surface area contributed by atoms with Crippen molar-refractivity contribution in [1.29, 1.82) is 5.41 Å². The minimum Gasteiger partial charge on any atom is -0.457 e. The van der Waals surface area contributed by atoms with E-state index in [9.17, 15) is 13.2 Å². The van der Waals surface area contributed by atoms with Crippen molar-refractivity contribution >= 4 is 27.7 Å². The van der Waals surface area contributed by atoms with E-state index >= 15 is 0 Å². The fourth-order valence-electron chi connectivity index (χ4n) is 3.13. The minimum atomic E-state index is -3.33. The Morgan fingerprint density at radius 1 is 1.30 bits per heavy atom. The number of hydrogen-bond acceptors (Lipinski definition) is 8. The summed E-state index contributed by atoms with van der Waals surface area (Å²) in [5.74, 6) is -0.257. The molecule has 158 valence electrons. The molecule has 0 saturated carbocycles. The zero-order valence-electron chi connectivity index (χ0n) is 16.9. The zero-order chi connectivity index (χ0) is 21.7. The first-order chi connectivity index (χ1) is 14.3. The van der Waals surface area contributed by atoms with Crippen LogP contribution in [0.25, 0.3) is 0 Å². The predicted octanol–water partition coefficient (Wildman–Crippen LogP) is 2.24. The van der Waals surface area contributed by atoms with Gasteiger partial charge in [-0.3, -0.25) is 0 Å². The molecule has 1 aromatic carbocycles. The summed E-state index contributed by atoms with van der Waals surface area (Å²) in [6, 6.07) is 6.85. The number of sulfone groups is 1. The molecular weight excluding hydrogens is 404 g/mol. The number of anilines is 1. The molecule has 0 saturated heterocycles. The average molecular weight is 429 g/mol. The molecule has 2 heterocycles. The van der Waals surface area contributed by atoms with Crippen molar-refractivity contribution in [3.63, 3.8) is 0 Å². The SMILES string of the molecule is Cc1c(CCNC/C(C=N)=C/Nc2ccc(S(C)(=O)=O)nc2)ccc2c1COC2=O. The number of carbonyl (C=O) groups is 1. The molecule has 30 heavy (non-hydrogen) atoms. The molecule has 1 aliphatic heterocycles. The molecule has 3 rings (SSSR count). The van der Waals surface area contributed by atoms with Crippen LogP contribution in [0.3, 0.4) is 0 Å². The van der Waals surface area contributed by atoms with Crippen LogP contribution < -0.4 is 10.6 Å². The molecule has 1 aromatic heterocycles. The van der Waals surface area contributed by atoms with Gasteiger partial charge in [-0.15, -0.1) is 0 Å². The minimum absolute atomic E-state index is 0.0174. The highest BCUT2D eigenvalue weighted by Crippen LogP contribution is 2.26. The van der Waals surface area contributed by atoms with E-state index in [0.717, 1.165) is 34.9 Å². The molecule has 0 unspecified atom stereocenters. The van der Waals surface area contributed by atoms with Gasteiger partial charge in [-0.1, -0.05) is 6.07 Å². The van der Waals surface area contributed by atoms with E-state index in [0.29, 0.717) is 30.9 Å². The van der Waals surface area contributed by atoms with E-state index in [1.54, 1.807) is 12.3 Å². The molecule has 9 heteroatoms. The Morgan fingerprint density at radius 2 is 2.10 bits per heavy atom. The number of aromatic nitrogens is 1. The van der Waals surface area contributed by atoms with Crippen LogP contribution in [0.5, 0.6) is 0 Å². The lowest BCUT2D eigenvalue weighted by Crippen LogP contribution is -2.21. The summed E-state index contributed by atoms with van der Waals surface area (Å²) in [6.45, 7) is 3.56. The van der Waals surface area contributed by atoms with Crippen molar-refractivity contribution in [2.45, 2.75) is 25.0 Å². The Hall–Kier alpha value is -3.04. The monoisotopic (exact) mass is 428 g/mol. The first-order valence-corrected chi connectivity index (χ1v) is 11.3. The second-order valence-corrected chi connectivity index (χ2v) is 9.01. The summed E-state index contributed by atoms with van der Waals surface area (Å²) >= 11 is 0. The van der Waals surface area contributed by atoms with Gasteiger partial charge in [-0.2, -0.15) is 0 Å². The fourth-order valence-corrected chi connectivity index (χ4v) is 3.69. The summed E-state index contributed by atoms with van der Waals surface area (Å²) in [6.07, 6.45) is 6.28. The smallest absolute Gasteiger partial charge is 0.338 e. The van der Waals surface area contributed by atoms with Gasteiger partial charge in [0.1, 0.15) is 6.61 Å². The number of carbonyl (C=O) groups excluding carboxylic acids is 1. The van der Waals surface area contributed by atoms with Crippen LogP contribution in [-0.2, 0) is 27.6 Å². The molecule has 1 aliphatic rings. The molecule has 0 spiro atoms. The van der Waals surface area contributed by atoms with Gasteiger partial charge in [0, 0.05) is 30.8 Å². The summed E-state index contributed by atoms with van der Waals surface area (Å²) < 4.78 is 28.0. The Bertz CT molecular complexity index is 1090. The van der Waals surface area contributed by atoms with Crippen LogP contribution in [0.2, 0.25) is 0 Å². The zero-order valence-corrected chi connectivity index (χ0v) is 17.7. The first-order valence-electron chi connectivity index (χ1n) is 9.41. The molecule has 2 aromatic rings.